The van der Waals surface area contributed by atoms with Gasteiger partial charge in [0.05, 0.1) is 15.2 Å². The van der Waals surface area contributed by atoms with E-state index in [1.165, 1.54) is 20.1 Å². The fourth-order valence-electron chi connectivity index (χ4n) is 3.79. The summed E-state index contributed by atoms with van der Waals surface area (Å²) in [4.78, 5) is 20.8. The highest BCUT2D eigenvalue weighted by molar-refractivity contribution is 7.18. The number of likely N-dealkylation sites (tertiary alicyclic amines) is 1. The van der Waals surface area contributed by atoms with E-state index in [9.17, 15) is 4.79 Å². The molecule has 3 heterocycles. The van der Waals surface area contributed by atoms with Crippen LogP contribution in [0.15, 0.2) is 48.5 Å². The molecule has 2 aromatic heterocycles. The normalized spacial score (nSPS) is 15.0. The van der Waals surface area contributed by atoms with Crippen LogP contribution in [0.3, 0.4) is 0 Å². The molecular weight excluding hydrogens is 396 g/mol. The molecule has 2 aromatic carbocycles. The van der Waals surface area contributed by atoms with Crippen LogP contribution in [0, 0.1) is 6.92 Å². The van der Waals surface area contributed by atoms with Gasteiger partial charge in [0.1, 0.15) is 6.54 Å². The summed E-state index contributed by atoms with van der Waals surface area (Å²) in [6.45, 7) is 3.62. The van der Waals surface area contributed by atoms with E-state index in [-0.39, 0.29) is 12.5 Å². The zero-order valence-corrected chi connectivity index (χ0v) is 17.5. The summed E-state index contributed by atoms with van der Waals surface area (Å²) in [7, 11) is 0. The van der Waals surface area contributed by atoms with Crippen molar-refractivity contribution < 1.29 is 4.79 Å². The number of aromatic nitrogens is 5. The van der Waals surface area contributed by atoms with E-state index in [1.54, 1.807) is 11.3 Å². The van der Waals surface area contributed by atoms with Gasteiger partial charge in [-0.05, 0) is 37.1 Å². The summed E-state index contributed by atoms with van der Waals surface area (Å²) in [5, 5.41) is 13.7. The Morgan fingerprint density at radius 1 is 1.10 bits per heavy atom. The molecule has 1 fully saturated rings. The molecule has 7 nitrogen and oxygen atoms in total. The van der Waals surface area contributed by atoms with E-state index in [0.717, 1.165) is 37.0 Å². The molecule has 152 valence electrons. The Hall–Kier alpha value is -3.13. The monoisotopic (exact) mass is 418 g/mol. The Labute approximate surface area is 178 Å². The maximum absolute atomic E-state index is 12.7. The van der Waals surface area contributed by atoms with Gasteiger partial charge in [0.25, 0.3) is 0 Å². The first-order chi connectivity index (χ1) is 14.7. The molecule has 0 bridgehead atoms. The van der Waals surface area contributed by atoms with E-state index < -0.39 is 0 Å². The van der Waals surface area contributed by atoms with Gasteiger partial charge in [0.15, 0.2) is 0 Å². The quantitative estimate of drug-likeness (QED) is 0.505. The molecule has 4 aromatic rings. The molecule has 5 rings (SSSR count). The van der Waals surface area contributed by atoms with Crippen molar-refractivity contribution in [1.82, 2.24) is 30.1 Å². The number of thiazole rings is 1. The summed E-state index contributed by atoms with van der Waals surface area (Å²) in [6, 6.07) is 16.2. The number of para-hydroxylation sites is 1. The Kier molecular flexibility index (Phi) is 5.00. The third-order valence-electron chi connectivity index (χ3n) is 5.55. The van der Waals surface area contributed by atoms with Crippen LogP contribution in [-0.2, 0) is 11.3 Å². The van der Waals surface area contributed by atoms with E-state index in [4.69, 9.17) is 4.98 Å². The van der Waals surface area contributed by atoms with Crippen LogP contribution in [0.4, 0.5) is 0 Å². The molecule has 1 aliphatic heterocycles. The van der Waals surface area contributed by atoms with Gasteiger partial charge >= 0.3 is 0 Å². The van der Waals surface area contributed by atoms with Gasteiger partial charge in [-0.1, -0.05) is 42.0 Å². The number of tetrazole rings is 1. The average Bonchev–Trinajstić information content (AvgIpc) is 3.41. The number of fused-ring (bicyclic) bond motifs is 1. The van der Waals surface area contributed by atoms with Gasteiger partial charge in [-0.15, -0.1) is 21.5 Å². The second-order valence-corrected chi connectivity index (χ2v) is 8.75. The molecule has 0 aliphatic carbocycles. The lowest BCUT2D eigenvalue weighted by molar-refractivity contribution is -0.133. The fourth-order valence-corrected chi connectivity index (χ4v) is 4.93. The highest BCUT2D eigenvalue weighted by Crippen LogP contribution is 2.33. The first kappa shape index (κ1) is 18.9. The number of rotatable bonds is 4. The number of carbonyl (C=O) groups excluding carboxylic acids is 1. The van der Waals surface area contributed by atoms with Crippen molar-refractivity contribution in [3.63, 3.8) is 0 Å². The highest BCUT2D eigenvalue weighted by atomic mass is 32.1. The minimum atomic E-state index is 0.0330. The van der Waals surface area contributed by atoms with Gasteiger partial charge in [-0.3, -0.25) is 4.79 Å². The van der Waals surface area contributed by atoms with Crippen molar-refractivity contribution >= 4 is 27.5 Å². The summed E-state index contributed by atoms with van der Waals surface area (Å²) in [5.74, 6) is 0.993. The Morgan fingerprint density at radius 3 is 2.63 bits per heavy atom. The lowest BCUT2D eigenvalue weighted by atomic mass is 9.97. The summed E-state index contributed by atoms with van der Waals surface area (Å²) in [5.41, 5.74) is 3.14. The zero-order valence-electron chi connectivity index (χ0n) is 16.7. The summed E-state index contributed by atoms with van der Waals surface area (Å²) in [6.07, 6.45) is 1.87. The second-order valence-electron chi connectivity index (χ2n) is 7.68. The fraction of sp³-hybridized carbons (Fsp3) is 0.318. The van der Waals surface area contributed by atoms with Gasteiger partial charge in [-0.2, -0.15) is 4.80 Å². The number of piperidine rings is 1. The molecule has 0 N–H and O–H groups in total. The molecule has 0 saturated carbocycles. The van der Waals surface area contributed by atoms with Crippen molar-refractivity contribution in [2.45, 2.75) is 32.2 Å². The molecule has 1 amide bonds. The van der Waals surface area contributed by atoms with Crippen LogP contribution in [0.2, 0.25) is 0 Å². The highest BCUT2D eigenvalue weighted by Gasteiger charge is 2.26. The maximum Gasteiger partial charge on any atom is 0.246 e. The number of benzene rings is 2. The molecule has 0 unspecified atom stereocenters. The van der Waals surface area contributed by atoms with Crippen molar-refractivity contribution in [2.24, 2.45) is 0 Å². The number of hydrogen-bond donors (Lipinski definition) is 0. The van der Waals surface area contributed by atoms with Crippen LogP contribution in [0.5, 0.6) is 0 Å². The number of hydrogen-bond acceptors (Lipinski definition) is 6. The van der Waals surface area contributed by atoms with Crippen LogP contribution in [0.25, 0.3) is 21.6 Å². The Bertz CT molecular complexity index is 1140. The molecule has 0 radical (unpaired) electrons. The van der Waals surface area contributed by atoms with E-state index >= 15 is 0 Å². The predicted octanol–water partition coefficient (Wildman–Crippen LogP) is 3.66. The lowest BCUT2D eigenvalue weighted by Gasteiger charge is -2.30. The predicted molar refractivity (Wildman–Crippen MR) is 116 cm³/mol. The average molecular weight is 419 g/mol. The third-order valence-corrected chi connectivity index (χ3v) is 6.75. The summed E-state index contributed by atoms with van der Waals surface area (Å²) >= 11 is 1.77. The Morgan fingerprint density at radius 2 is 1.87 bits per heavy atom. The number of amides is 1. The van der Waals surface area contributed by atoms with E-state index in [0.29, 0.717) is 11.7 Å². The first-order valence-electron chi connectivity index (χ1n) is 10.1. The molecule has 1 saturated heterocycles. The van der Waals surface area contributed by atoms with E-state index in [2.05, 4.69) is 27.5 Å². The first-order valence-corrected chi connectivity index (χ1v) is 11.0. The lowest BCUT2D eigenvalue weighted by Crippen LogP contribution is -2.40. The molecule has 1 aliphatic rings. The third kappa shape index (κ3) is 3.82. The van der Waals surface area contributed by atoms with Gasteiger partial charge in [0, 0.05) is 24.6 Å². The maximum atomic E-state index is 12.7. The molecule has 0 spiro atoms. The van der Waals surface area contributed by atoms with Crippen LogP contribution < -0.4 is 0 Å². The second kappa shape index (κ2) is 7.95. The smallest absolute Gasteiger partial charge is 0.246 e. The number of aryl methyl sites for hydroxylation is 1. The van der Waals surface area contributed by atoms with Crippen molar-refractivity contribution in [2.75, 3.05) is 13.1 Å². The van der Waals surface area contributed by atoms with Gasteiger partial charge in [0.2, 0.25) is 11.7 Å². The number of nitrogens with zero attached hydrogens (tertiary/aromatic N) is 6. The topological polar surface area (TPSA) is 76.8 Å². The largest absolute Gasteiger partial charge is 0.341 e. The van der Waals surface area contributed by atoms with Crippen molar-refractivity contribution in [3.05, 3.63) is 59.1 Å². The standard InChI is InChI=1S/C22H22N6OS/c1-15-6-8-16(9-7-15)21-24-26-28(25-21)14-20(29)27-12-10-17(11-13-27)22-23-18-4-2-3-5-19(18)30-22/h2-9,17H,10-14H2,1H3. The minimum absolute atomic E-state index is 0.0330. The minimum Gasteiger partial charge on any atom is -0.341 e. The zero-order chi connectivity index (χ0) is 20.5. The summed E-state index contributed by atoms with van der Waals surface area (Å²) < 4.78 is 1.23. The molecule has 8 heteroatoms. The molecule has 0 atom stereocenters. The Balaban J connectivity index is 1.19. The van der Waals surface area contributed by atoms with Crippen LogP contribution >= 0.6 is 11.3 Å². The van der Waals surface area contributed by atoms with Gasteiger partial charge < -0.3 is 4.90 Å². The van der Waals surface area contributed by atoms with Crippen molar-refractivity contribution in [3.8, 4) is 11.4 Å². The van der Waals surface area contributed by atoms with E-state index in [1.807, 2.05) is 48.2 Å². The van der Waals surface area contributed by atoms with Crippen LogP contribution in [0.1, 0.15) is 29.3 Å². The van der Waals surface area contributed by atoms with Crippen LogP contribution in [-0.4, -0.2) is 49.1 Å². The number of carbonyl (C=O) groups is 1. The SMILES string of the molecule is Cc1ccc(-c2nnn(CC(=O)N3CCC(c4nc5ccccc5s4)CC3)n2)cc1. The molecule has 30 heavy (non-hydrogen) atoms. The van der Waals surface area contributed by atoms with Gasteiger partial charge in [-0.25, -0.2) is 4.98 Å². The molecular formula is C22H22N6OS. The van der Waals surface area contributed by atoms with Crippen molar-refractivity contribution in [1.29, 1.82) is 0 Å².